The Morgan fingerprint density at radius 2 is 1.33 bits per heavy atom. The van der Waals surface area contributed by atoms with Crippen LogP contribution in [-0.2, 0) is 0 Å². The molecule has 0 aliphatic heterocycles. The van der Waals surface area contributed by atoms with Crippen LogP contribution in [0.4, 0.5) is 11.4 Å². The number of aromatic amines is 2. The van der Waals surface area contributed by atoms with Crippen molar-refractivity contribution in [3.8, 4) is 17.4 Å². The first kappa shape index (κ1) is 26.6. The fourth-order valence-corrected chi connectivity index (χ4v) is 3.46. The highest BCUT2D eigenvalue weighted by Gasteiger charge is 2.08. The third kappa shape index (κ3) is 6.84. The van der Waals surface area contributed by atoms with Crippen LogP contribution in [0.1, 0.15) is 0 Å². The molecule has 0 unspecified atom stereocenters. The van der Waals surface area contributed by atoms with Crippen LogP contribution in [0.5, 0.6) is 17.4 Å². The Morgan fingerprint density at radius 1 is 0.744 bits per heavy atom. The average molecular weight is 547 g/mol. The van der Waals surface area contributed by atoms with E-state index in [1.165, 1.54) is 30.5 Å². The molecule has 6 aromatic rings. The zero-order chi connectivity index (χ0) is 27.8. The molecule has 0 atom stereocenters. The van der Waals surface area contributed by atoms with Crippen LogP contribution in [-0.4, -0.2) is 34.9 Å². The van der Waals surface area contributed by atoms with E-state index >= 15 is 0 Å². The number of rotatable bonds is 4. The predicted molar refractivity (Wildman–Crippen MR) is 145 cm³/mol. The Morgan fingerprint density at radius 3 is 1.90 bits per heavy atom. The van der Waals surface area contributed by atoms with Crippen LogP contribution in [0.25, 0.3) is 21.8 Å². The van der Waals surface area contributed by atoms with Crippen molar-refractivity contribution in [3.05, 3.63) is 123 Å². The van der Waals surface area contributed by atoms with Crippen molar-refractivity contribution in [1.29, 1.82) is 0 Å². The summed E-state index contributed by atoms with van der Waals surface area (Å²) >= 11 is 5.38. The molecule has 3 N–H and O–H groups in total. The number of fused-ring (bicyclic) bond motifs is 2. The molecule has 4 heterocycles. The summed E-state index contributed by atoms with van der Waals surface area (Å²) in [7, 11) is 0. The van der Waals surface area contributed by atoms with Gasteiger partial charge in [-0.2, -0.15) is 0 Å². The second-order valence-corrected chi connectivity index (χ2v) is 8.11. The van der Waals surface area contributed by atoms with E-state index in [1.807, 2.05) is 54.9 Å². The predicted octanol–water partition coefficient (Wildman–Crippen LogP) is 6.78. The molecule has 0 fully saturated rings. The first-order valence-electron chi connectivity index (χ1n) is 11.2. The van der Waals surface area contributed by atoms with Gasteiger partial charge in [-0.05, 0) is 42.5 Å². The topological polar surface area (TPSA) is 173 Å². The smallest absolute Gasteiger partial charge is 0.287 e. The Bertz CT molecular complexity index is 1720. The summed E-state index contributed by atoms with van der Waals surface area (Å²) in [5.74, 6) is 1.30. The second kappa shape index (κ2) is 12.2. The number of aromatic nitrogens is 4. The van der Waals surface area contributed by atoms with Crippen molar-refractivity contribution in [2.45, 2.75) is 0 Å². The van der Waals surface area contributed by atoms with Gasteiger partial charge in [0.05, 0.1) is 9.85 Å². The van der Waals surface area contributed by atoms with Gasteiger partial charge in [-0.15, -0.1) is 0 Å². The zero-order valence-electron chi connectivity index (χ0n) is 19.9. The highest BCUT2D eigenvalue weighted by molar-refractivity contribution is 6.29. The SMILES string of the molecule is O=[N+]([O-])c1ccc(Cl)nc1.O=[N+]([O-])c1ccc(Oc2cccc3[nH]ccc23)nc1.Oc1cccc2[nH]ccc12. The summed E-state index contributed by atoms with van der Waals surface area (Å²) in [6, 6.07) is 20.3. The van der Waals surface area contributed by atoms with Crippen LogP contribution < -0.4 is 4.74 Å². The van der Waals surface area contributed by atoms with Crippen LogP contribution in [0.15, 0.2) is 97.6 Å². The van der Waals surface area contributed by atoms with Gasteiger partial charge in [0.15, 0.2) is 0 Å². The molecule has 0 radical (unpaired) electrons. The molecular weight excluding hydrogens is 528 g/mol. The van der Waals surface area contributed by atoms with Crippen molar-refractivity contribution >= 4 is 44.8 Å². The Kier molecular flexibility index (Phi) is 8.29. The number of phenolic OH excluding ortho intramolecular Hbond substituents is 1. The maximum Gasteiger partial charge on any atom is 0.287 e. The normalized spacial score (nSPS) is 10.2. The molecule has 0 spiro atoms. The number of ether oxygens (including phenoxy) is 1. The van der Waals surface area contributed by atoms with Gasteiger partial charge in [-0.3, -0.25) is 20.2 Å². The van der Waals surface area contributed by atoms with Gasteiger partial charge in [0.25, 0.3) is 11.4 Å². The van der Waals surface area contributed by atoms with Gasteiger partial charge in [0.2, 0.25) is 5.88 Å². The van der Waals surface area contributed by atoms with E-state index in [0.717, 1.165) is 28.0 Å². The number of nitrogens with one attached hydrogen (secondary N) is 2. The van der Waals surface area contributed by atoms with Crippen molar-refractivity contribution < 1.29 is 19.7 Å². The number of H-pyrrole nitrogens is 2. The van der Waals surface area contributed by atoms with Gasteiger partial charge in [0, 0.05) is 52.4 Å². The largest absolute Gasteiger partial charge is 0.507 e. The third-order valence-electron chi connectivity index (χ3n) is 5.20. The second-order valence-electron chi connectivity index (χ2n) is 7.72. The maximum atomic E-state index is 10.5. The summed E-state index contributed by atoms with van der Waals surface area (Å²) in [5, 5.41) is 31.9. The molecule has 0 aliphatic carbocycles. The van der Waals surface area contributed by atoms with Gasteiger partial charge < -0.3 is 19.8 Å². The zero-order valence-corrected chi connectivity index (χ0v) is 20.6. The molecule has 0 aliphatic rings. The number of phenols is 1. The molecule has 0 bridgehead atoms. The Labute approximate surface area is 224 Å². The van der Waals surface area contributed by atoms with Crippen LogP contribution in [0.3, 0.4) is 0 Å². The third-order valence-corrected chi connectivity index (χ3v) is 5.42. The Hall–Kier alpha value is -5.49. The lowest BCUT2D eigenvalue weighted by molar-refractivity contribution is -0.385. The first-order chi connectivity index (χ1) is 18.8. The standard InChI is InChI=1S/C13H9N3O3.C8H7NO.C5H3ClN2O2/c17-16(18)9-4-5-13(15-8-9)19-12-3-1-2-11-10(12)6-7-14-11;10-8-3-1-2-7-6(8)4-5-9-7;6-5-2-1-4(3-7-5)8(9)10/h1-8,14H;1-5,9-10H;1-3H. The van der Waals surface area contributed by atoms with E-state index in [-0.39, 0.29) is 16.5 Å². The quantitative estimate of drug-likeness (QED) is 0.123. The summed E-state index contributed by atoms with van der Waals surface area (Å²) in [4.78, 5) is 33.1. The van der Waals surface area contributed by atoms with Crippen LogP contribution >= 0.6 is 11.6 Å². The van der Waals surface area contributed by atoms with Crippen LogP contribution in [0, 0.1) is 20.2 Å². The first-order valence-corrected chi connectivity index (χ1v) is 11.5. The van der Waals surface area contributed by atoms with Crippen LogP contribution in [0.2, 0.25) is 5.15 Å². The molecule has 0 saturated carbocycles. The van der Waals surface area contributed by atoms with Gasteiger partial charge in [0.1, 0.15) is 29.0 Å². The lowest BCUT2D eigenvalue weighted by atomic mass is 10.2. The van der Waals surface area contributed by atoms with Crippen molar-refractivity contribution in [2.75, 3.05) is 0 Å². The molecule has 6 rings (SSSR count). The molecule has 12 nitrogen and oxygen atoms in total. The van der Waals surface area contributed by atoms with E-state index in [1.54, 1.807) is 6.07 Å². The highest BCUT2D eigenvalue weighted by atomic mass is 35.5. The minimum Gasteiger partial charge on any atom is -0.507 e. The molecule has 39 heavy (non-hydrogen) atoms. The number of pyridine rings is 2. The number of hydrogen-bond acceptors (Lipinski definition) is 8. The number of nitro groups is 2. The summed E-state index contributed by atoms with van der Waals surface area (Å²) in [6.07, 6.45) is 5.92. The lowest BCUT2D eigenvalue weighted by Crippen LogP contribution is -1.91. The highest BCUT2D eigenvalue weighted by Crippen LogP contribution is 2.29. The van der Waals surface area contributed by atoms with Crippen molar-refractivity contribution in [2.24, 2.45) is 0 Å². The number of hydrogen-bond donors (Lipinski definition) is 3. The fraction of sp³-hybridized carbons (Fsp3) is 0. The van der Waals surface area contributed by atoms with E-state index < -0.39 is 9.85 Å². The molecule has 0 amide bonds. The molecule has 196 valence electrons. The summed E-state index contributed by atoms with van der Waals surface area (Å²) < 4.78 is 5.63. The molecule has 4 aromatic heterocycles. The molecular formula is C26H19ClN6O6. The number of benzene rings is 2. The van der Waals surface area contributed by atoms with E-state index in [9.17, 15) is 25.3 Å². The molecule has 0 saturated heterocycles. The fourth-order valence-electron chi connectivity index (χ4n) is 3.34. The number of aromatic hydroxyl groups is 1. The minimum atomic E-state index is -0.524. The summed E-state index contributed by atoms with van der Waals surface area (Å²) in [5.41, 5.74) is 1.82. The van der Waals surface area contributed by atoms with E-state index in [0.29, 0.717) is 17.4 Å². The summed E-state index contributed by atoms with van der Waals surface area (Å²) in [6.45, 7) is 0. The molecule has 2 aromatic carbocycles. The van der Waals surface area contributed by atoms with Gasteiger partial charge in [-0.25, -0.2) is 9.97 Å². The number of nitrogens with zero attached hydrogens (tertiary/aromatic N) is 4. The van der Waals surface area contributed by atoms with E-state index in [4.69, 9.17) is 16.3 Å². The Balaban J connectivity index is 0.000000149. The van der Waals surface area contributed by atoms with Gasteiger partial charge in [-0.1, -0.05) is 23.7 Å². The van der Waals surface area contributed by atoms with Crippen molar-refractivity contribution in [1.82, 2.24) is 19.9 Å². The average Bonchev–Trinajstić information content (AvgIpc) is 3.61. The van der Waals surface area contributed by atoms with Crippen molar-refractivity contribution in [3.63, 3.8) is 0 Å². The minimum absolute atomic E-state index is 0.0515. The number of halogens is 1. The van der Waals surface area contributed by atoms with Gasteiger partial charge >= 0.3 is 0 Å². The lowest BCUT2D eigenvalue weighted by Gasteiger charge is -2.05. The van der Waals surface area contributed by atoms with E-state index in [2.05, 4.69) is 19.9 Å². The monoisotopic (exact) mass is 546 g/mol. The molecule has 13 heteroatoms. The maximum absolute atomic E-state index is 10.5.